The normalized spacial score (nSPS) is 11.3. The van der Waals surface area contributed by atoms with Crippen LogP contribution in [0.25, 0.3) is 0 Å². The zero-order chi connectivity index (χ0) is 24.9. The number of halogens is 2. The molecule has 0 aliphatic rings. The molecule has 0 saturated carbocycles. The number of ether oxygens (including phenoxy) is 1. The van der Waals surface area contributed by atoms with Crippen molar-refractivity contribution in [3.05, 3.63) is 126 Å². The minimum atomic E-state index is -0.172. The molecular formula is C32H34I2O-2. The number of rotatable bonds is 8. The topological polar surface area (TPSA) is 9.23 Å². The van der Waals surface area contributed by atoms with Crippen LogP contribution in [0.4, 0.5) is 0 Å². The Labute approximate surface area is 231 Å². The first-order chi connectivity index (χ1) is 16.8. The van der Waals surface area contributed by atoms with Crippen molar-refractivity contribution in [3.8, 4) is 5.75 Å². The van der Waals surface area contributed by atoms with Crippen LogP contribution in [0, 0.1) is 55.8 Å². The van der Waals surface area contributed by atoms with Gasteiger partial charge in [-0.15, -0.1) is 0 Å². The molecule has 0 amide bonds. The van der Waals surface area contributed by atoms with Gasteiger partial charge in [-0.3, -0.25) is 0 Å². The summed E-state index contributed by atoms with van der Waals surface area (Å²) in [6.07, 6.45) is 0.928. The Morgan fingerprint density at radius 2 is 0.943 bits per heavy atom. The van der Waals surface area contributed by atoms with Crippen LogP contribution >= 0.6 is 0 Å². The molecule has 0 fully saturated rings. The van der Waals surface area contributed by atoms with Gasteiger partial charge in [-0.1, -0.05) is 0 Å². The fourth-order valence-corrected chi connectivity index (χ4v) is 9.44. The van der Waals surface area contributed by atoms with E-state index in [-0.39, 0.29) is 42.4 Å². The summed E-state index contributed by atoms with van der Waals surface area (Å²) in [6.45, 7) is 14.0. The predicted octanol–water partition coefficient (Wildman–Crippen LogP) is 1.42. The van der Waals surface area contributed by atoms with Gasteiger partial charge in [0.1, 0.15) is 0 Å². The molecule has 0 aliphatic heterocycles. The quantitative estimate of drug-likeness (QED) is 0.255. The average molecular weight is 688 g/mol. The Morgan fingerprint density at radius 3 is 1.37 bits per heavy atom. The first-order valence-corrected chi connectivity index (χ1v) is 16.4. The van der Waals surface area contributed by atoms with Crippen LogP contribution < -0.4 is 47.1 Å². The van der Waals surface area contributed by atoms with Gasteiger partial charge in [-0.05, 0) is 0 Å². The summed E-state index contributed by atoms with van der Waals surface area (Å²) in [6, 6.07) is 27.2. The van der Waals surface area contributed by atoms with Crippen molar-refractivity contribution in [2.75, 3.05) is 6.61 Å². The van der Waals surface area contributed by atoms with Gasteiger partial charge in [0.25, 0.3) is 0 Å². The molecule has 0 aliphatic carbocycles. The summed E-state index contributed by atoms with van der Waals surface area (Å²) in [4.78, 5) is 0. The van der Waals surface area contributed by atoms with E-state index in [1.807, 2.05) is 0 Å². The second-order valence-corrected chi connectivity index (χ2v) is 15.0. The Kier molecular flexibility index (Phi) is 8.92. The predicted molar refractivity (Wildman–Crippen MR) is 138 cm³/mol. The fraction of sp³-hybridized carbons (Fsp3) is 0.250. The standard InChI is InChI=1S/C32H34I2O/c1-21-17-23(3)31(24(4)18-21)33-28-9-7-27(8-10-28)15-16-35-30-13-11-29(12-14-30)34-32-25(5)19-22(2)20-26(32)6/h7-14,17-20H,15-16H2,1-6H3/q-2. The van der Waals surface area contributed by atoms with Crippen LogP contribution in [0.1, 0.15) is 38.9 Å². The maximum absolute atomic E-state index is 6.07. The second-order valence-electron chi connectivity index (χ2n) is 9.29. The van der Waals surface area contributed by atoms with Crippen LogP contribution in [0.5, 0.6) is 5.75 Å². The van der Waals surface area contributed by atoms with Crippen LogP contribution in [0.15, 0.2) is 72.8 Å². The molecule has 0 N–H and O–H groups in total. The van der Waals surface area contributed by atoms with Gasteiger partial charge in [0.05, 0.1) is 0 Å². The summed E-state index contributed by atoms with van der Waals surface area (Å²) < 4.78 is 12.1. The van der Waals surface area contributed by atoms with Gasteiger partial charge in [0.15, 0.2) is 0 Å². The molecule has 4 aromatic carbocycles. The van der Waals surface area contributed by atoms with Gasteiger partial charge in [-0.2, -0.15) is 0 Å². The third-order valence-corrected chi connectivity index (χ3v) is 13.1. The van der Waals surface area contributed by atoms with E-state index in [1.165, 1.54) is 46.1 Å². The number of hydrogen-bond acceptors (Lipinski definition) is 1. The van der Waals surface area contributed by atoms with Gasteiger partial charge >= 0.3 is 233 Å². The molecule has 0 radical (unpaired) electrons. The monoisotopic (exact) mass is 688 g/mol. The summed E-state index contributed by atoms with van der Waals surface area (Å²) in [7, 11) is 0. The van der Waals surface area contributed by atoms with Crippen molar-refractivity contribution < 1.29 is 47.1 Å². The van der Waals surface area contributed by atoms with Crippen molar-refractivity contribution in [1.82, 2.24) is 0 Å². The molecule has 0 heterocycles. The van der Waals surface area contributed by atoms with E-state index in [2.05, 4.69) is 114 Å². The van der Waals surface area contributed by atoms with Gasteiger partial charge in [0.2, 0.25) is 0 Å². The summed E-state index contributed by atoms with van der Waals surface area (Å²) in [5.74, 6) is 0.961. The number of benzene rings is 4. The molecule has 0 unspecified atom stereocenters. The fourth-order valence-electron chi connectivity index (χ4n) is 4.44. The van der Waals surface area contributed by atoms with Gasteiger partial charge in [-0.25, -0.2) is 0 Å². The molecular weight excluding hydrogens is 654 g/mol. The van der Waals surface area contributed by atoms with E-state index < -0.39 is 0 Å². The first kappa shape index (κ1) is 26.2. The van der Waals surface area contributed by atoms with E-state index in [0.29, 0.717) is 6.61 Å². The van der Waals surface area contributed by atoms with Gasteiger partial charge in [0, 0.05) is 0 Å². The average Bonchev–Trinajstić information content (AvgIpc) is 2.80. The molecule has 184 valence electrons. The van der Waals surface area contributed by atoms with Gasteiger partial charge < -0.3 is 0 Å². The zero-order valence-electron chi connectivity index (χ0n) is 21.5. The Hall–Kier alpha value is -1.86. The maximum atomic E-state index is 6.07. The third-order valence-electron chi connectivity index (χ3n) is 5.96. The Balaban J connectivity index is 1.29. The molecule has 1 nitrogen and oxygen atoms in total. The zero-order valence-corrected chi connectivity index (χ0v) is 25.8. The SMILES string of the molecule is Cc1cc(C)c([I-]c2ccc(CCOc3ccc([I-]c4c(C)cc(C)cc4C)cc3)cc2)c(C)c1. The summed E-state index contributed by atoms with van der Waals surface area (Å²) in [5.41, 5.74) is 9.76. The molecule has 4 aromatic rings. The minimum absolute atomic E-state index is 0.148. The number of hydrogen-bond donors (Lipinski definition) is 0. The molecule has 0 saturated heterocycles. The summed E-state index contributed by atoms with van der Waals surface area (Å²) in [5, 5.41) is 0. The molecule has 3 heteroatoms. The van der Waals surface area contributed by atoms with Crippen molar-refractivity contribution in [2.45, 2.75) is 48.0 Å². The van der Waals surface area contributed by atoms with E-state index in [0.717, 1.165) is 12.2 Å². The van der Waals surface area contributed by atoms with Crippen molar-refractivity contribution >= 4 is 0 Å². The van der Waals surface area contributed by atoms with E-state index >= 15 is 0 Å². The van der Waals surface area contributed by atoms with Crippen LogP contribution in [-0.4, -0.2) is 6.61 Å². The van der Waals surface area contributed by atoms with Crippen LogP contribution in [0.2, 0.25) is 0 Å². The van der Waals surface area contributed by atoms with Crippen molar-refractivity contribution in [2.24, 2.45) is 0 Å². The Bertz CT molecular complexity index is 1160. The second kappa shape index (κ2) is 11.9. The molecule has 0 bridgehead atoms. The first-order valence-electron chi connectivity index (χ1n) is 12.1. The number of aryl methyl sites for hydroxylation is 6. The van der Waals surface area contributed by atoms with Crippen molar-refractivity contribution in [3.63, 3.8) is 0 Å². The van der Waals surface area contributed by atoms with Crippen LogP contribution in [-0.2, 0) is 6.42 Å². The summed E-state index contributed by atoms with van der Waals surface area (Å²) >= 11 is -0.320. The molecule has 0 atom stereocenters. The Morgan fingerprint density at radius 1 is 0.543 bits per heavy atom. The van der Waals surface area contributed by atoms with E-state index in [4.69, 9.17) is 4.74 Å². The molecule has 35 heavy (non-hydrogen) atoms. The van der Waals surface area contributed by atoms with E-state index in [9.17, 15) is 0 Å². The van der Waals surface area contributed by atoms with E-state index in [1.54, 1.807) is 7.14 Å². The molecule has 0 aromatic heterocycles. The molecule has 0 spiro atoms. The van der Waals surface area contributed by atoms with Crippen molar-refractivity contribution in [1.29, 1.82) is 0 Å². The third kappa shape index (κ3) is 7.10. The molecule has 4 rings (SSSR count). The van der Waals surface area contributed by atoms with Crippen LogP contribution in [0.3, 0.4) is 0 Å².